The van der Waals surface area contributed by atoms with Crippen LogP contribution in [0.4, 0.5) is 5.69 Å². The van der Waals surface area contributed by atoms with Crippen LogP contribution in [0.2, 0.25) is 5.02 Å². The maximum atomic E-state index is 13.4. The first-order valence-electron chi connectivity index (χ1n) is 11.3. The SMILES string of the molecule is COc1cc(C)c(/C(O)=C2\C(=O)C(=O)N(c3cccc(Cl)c3C)C2c2ccccn2)cc1C(C)C. The van der Waals surface area contributed by atoms with Crippen LogP contribution in [0.3, 0.4) is 0 Å². The topological polar surface area (TPSA) is 79.7 Å². The minimum Gasteiger partial charge on any atom is -0.507 e. The summed E-state index contributed by atoms with van der Waals surface area (Å²) in [7, 11) is 1.60. The molecule has 1 atom stereocenters. The highest BCUT2D eigenvalue weighted by molar-refractivity contribution is 6.52. The first-order valence-corrected chi connectivity index (χ1v) is 11.7. The standard InChI is InChI=1S/C28H27ClN2O4/c1-15(2)18-14-19(16(3)13-23(18)35-5)26(32)24-25(21-10-6-7-12-30-21)31(28(34)27(24)33)22-11-8-9-20(29)17(22)4/h6-15,25,32H,1-5H3/b26-24+. The number of Topliss-reactive ketones (excluding diaryl/α,β-unsaturated/α-hetero) is 1. The van der Waals surface area contributed by atoms with E-state index in [-0.39, 0.29) is 17.3 Å². The van der Waals surface area contributed by atoms with E-state index in [0.29, 0.717) is 38.8 Å². The second-order valence-electron chi connectivity index (χ2n) is 8.87. The molecule has 1 amide bonds. The van der Waals surface area contributed by atoms with Crippen molar-refractivity contribution in [3.05, 3.63) is 93.3 Å². The van der Waals surface area contributed by atoms with Crippen molar-refractivity contribution in [2.75, 3.05) is 12.0 Å². The normalized spacial score (nSPS) is 17.3. The first-order chi connectivity index (χ1) is 16.7. The Hall–Kier alpha value is -3.64. The van der Waals surface area contributed by atoms with Crippen LogP contribution in [0.25, 0.3) is 5.76 Å². The number of hydrogen-bond donors (Lipinski definition) is 1. The third kappa shape index (κ3) is 4.19. The molecule has 0 aliphatic carbocycles. The van der Waals surface area contributed by atoms with Gasteiger partial charge in [-0.2, -0.15) is 0 Å². The van der Waals surface area contributed by atoms with Crippen molar-refractivity contribution >= 4 is 34.7 Å². The van der Waals surface area contributed by atoms with Crippen LogP contribution in [0.15, 0.2) is 60.3 Å². The van der Waals surface area contributed by atoms with Gasteiger partial charge >= 0.3 is 0 Å². The summed E-state index contributed by atoms with van der Waals surface area (Å²) in [5.74, 6) is -0.963. The third-order valence-electron chi connectivity index (χ3n) is 6.36. The predicted molar refractivity (Wildman–Crippen MR) is 137 cm³/mol. The minimum absolute atomic E-state index is 0.0175. The Balaban J connectivity index is 2.01. The second kappa shape index (κ2) is 9.55. The van der Waals surface area contributed by atoms with Gasteiger partial charge in [-0.05, 0) is 72.9 Å². The van der Waals surface area contributed by atoms with Crippen LogP contribution < -0.4 is 9.64 Å². The van der Waals surface area contributed by atoms with E-state index in [1.807, 2.05) is 32.9 Å². The van der Waals surface area contributed by atoms with E-state index in [1.54, 1.807) is 56.6 Å². The van der Waals surface area contributed by atoms with Crippen LogP contribution in [0, 0.1) is 13.8 Å². The Morgan fingerprint density at radius 3 is 2.49 bits per heavy atom. The molecule has 1 saturated heterocycles. The lowest BCUT2D eigenvalue weighted by Crippen LogP contribution is -2.30. The van der Waals surface area contributed by atoms with Gasteiger partial charge in [-0.15, -0.1) is 0 Å². The van der Waals surface area contributed by atoms with E-state index in [9.17, 15) is 14.7 Å². The van der Waals surface area contributed by atoms with E-state index >= 15 is 0 Å². The van der Waals surface area contributed by atoms with E-state index in [0.717, 1.165) is 5.56 Å². The van der Waals surface area contributed by atoms with Crippen molar-refractivity contribution in [2.45, 2.75) is 39.7 Å². The Bertz CT molecular complexity index is 1350. The molecule has 0 radical (unpaired) electrons. The van der Waals surface area contributed by atoms with Gasteiger partial charge in [0.2, 0.25) is 0 Å². The van der Waals surface area contributed by atoms with Crippen molar-refractivity contribution in [3.8, 4) is 5.75 Å². The maximum Gasteiger partial charge on any atom is 0.300 e. The zero-order chi connectivity index (χ0) is 25.4. The molecule has 1 N–H and O–H groups in total. The summed E-state index contributed by atoms with van der Waals surface area (Å²) < 4.78 is 5.53. The number of rotatable bonds is 5. The lowest BCUT2D eigenvalue weighted by atomic mass is 9.92. The molecule has 35 heavy (non-hydrogen) atoms. The predicted octanol–water partition coefficient (Wildman–Crippen LogP) is 6.11. The monoisotopic (exact) mass is 490 g/mol. The van der Waals surface area contributed by atoms with Gasteiger partial charge in [0, 0.05) is 22.5 Å². The number of ketones is 1. The molecular weight excluding hydrogens is 464 g/mol. The number of methoxy groups -OCH3 is 1. The number of aryl methyl sites for hydroxylation is 1. The molecule has 180 valence electrons. The van der Waals surface area contributed by atoms with Gasteiger partial charge in [-0.3, -0.25) is 19.5 Å². The van der Waals surface area contributed by atoms with Gasteiger partial charge in [0.05, 0.1) is 18.4 Å². The fraction of sp³-hybridized carbons (Fsp3) is 0.250. The number of carbonyl (C=O) groups is 2. The lowest BCUT2D eigenvalue weighted by Gasteiger charge is -2.26. The Morgan fingerprint density at radius 2 is 1.86 bits per heavy atom. The van der Waals surface area contributed by atoms with Gasteiger partial charge in [-0.1, -0.05) is 37.6 Å². The van der Waals surface area contributed by atoms with Crippen LogP contribution >= 0.6 is 11.6 Å². The van der Waals surface area contributed by atoms with E-state index in [2.05, 4.69) is 4.98 Å². The number of carbonyl (C=O) groups excluding carboxylic acids is 2. The zero-order valence-corrected chi connectivity index (χ0v) is 21.1. The molecule has 1 aromatic heterocycles. The van der Waals surface area contributed by atoms with Gasteiger partial charge in [-0.25, -0.2) is 0 Å². The number of aromatic nitrogens is 1. The van der Waals surface area contributed by atoms with Crippen LogP contribution in [0.1, 0.15) is 53.8 Å². The summed E-state index contributed by atoms with van der Waals surface area (Å²) in [5, 5.41) is 12.0. The molecule has 1 aliphatic heterocycles. The van der Waals surface area contributed by atoms with Crippen molar-refractivity contribution in [1.82, 2.24) is 4.98 Å². The maximum absolute atomic E-state index is 13.4. The summed E-state index contributed by atoms with van der Waals surface area (Å²) in [6.45, 7) is 7.65. The van der Waals surface area contributed by atoms with E-state index in [4.69, 9.17) is 16.3 Å². The molecule has 1 unspecified atom stereocenters. The van der Waals surface area contributed by atoms with Crippen molar-refractivity contribution in [1.29, 1.82) is 0 Å². The van der Waals surface area contributed by atoms with Crippen LogP contribution in [0.5, 0.6) is 5.75 Å². The van der Waals surface area contributed by atoms with Crippen LogP contribution in [-0.2, 0) is 9.59 Å². The quantitative estimate of drug-likeness (QED) is 0.265. The lowest BCUT2D eigenvalue weighted by molar-refractivity contribution is -0.132. The minimum atomic E-state index is -0.919. The molecule has 2 heterocycles. The number of amides is 1. The first kappa shape index (κ1) is 24.5. The number of halogens is 1. The van der Waals surface area contributed by atoms with Crippen molar-refractivity contribution < 1.29 is 19.4 Å². The summed E-state index contributed by atoms with van der Waals surface area (Å²) >= 11 is 6.35. The number of nitrogens with zero attached hydrogens (tertiary/aromatic N) is 2. The highest BCUT2D eigenvalue weighted by Gasteiger charge is 2.48. The molecule has 0 spiro atoms. The van der Waals surface area contributed by atoms with Crippen LogP contribution in [-0.4, -0.2) is 28.9 Å². The number of ether oxygens (including phenoxy) is 1. The largest absolute Gasteiger partial charge is 0.507 e. The fourth-order valence-corrected chi connectivity index (χ4v) is 4.65. The summed E-state index contributed by atoms with van der Waals surface area (Å²) in [5.41, 5.74) is 3.65. The molecule has 6 nitrogen and oxygen atoms in total. The molecule has 3 aromatic rings. The van der Waals surface area contributed by atoms with Crippen molar-refractivity contribution in [2.24, 2.45) is 0 Å². The molecule has 7 heteroatoms. The zero-order valence-electron chi connectivity index (χ0n) is 20.3. The molecule has 2 aromatic carbocycles. The summed E-state index contributed by atoms with van der Waals surface area (Å²) in [4.78, 5) is 32.7. The molecule has 4 rings (SSSR count). The van der Waals surface area contributed by atoms with Gasteiger partial charge in [0.25, 0.3) is 11.7 Å². The van der Waals surface area contributed by atoms with E-state index in [1.165, 1.54) is 4.90 Å². The highest BCUT2D eigenvalue weighted by Crippen LogP contribution is 2.44. The smallest absolute Gasteiger partial charge is 0.300 e. The molecule has 0 bridgehead atoms. The molecule has 1 aliphatic rings. The number of benzene rings is 2. The highest BCUT2D eigenvalue weighted by atomic mass is 35.5. The second-order valence-corrected chi connectivity index (χ2v) is 9.28. The summed E-state index contributed by atoms with van der Waals surface area (Å²) in [6.07, 6.45) is 1.59. The Kier molecular flexibility index (Phi) is 6.68. The summed E-state index contributed by atoms with van der Waals surface area (Å²) in [6, 6.07) is 13.2. The Labute approximate surface area is 209 Å². The number of aliphatic hydroxyl groups is 1. The molecule has 0 saturated carbocycles. The number of aliphatic hydroxyl groups excluding tert-OH is 1. The van der Waals surface area contributed by atoms with Gasteiger partial charge < -0.3 is 9.84 Å². The molecule has 1 fully saturated rings. The third-order valence-corrected chi connectivity index (χ3v) is 6.77. The molecular formula is C28H27ClN2O4. The average Bonchev–Trinajstić information content (AvgIpc) is 3.10. The average molecular weight is 491 g/mol. The van der Waals surface area contributed by atoms with Gasteiger partial charge in [0.15, 0.2) is 0 Å². The number of hydrogen-bond acceptors (Lipinski definition) is 5. The number of pyridine rings is 1. The van der Waals surface area contributed by atoms with Crippen molar-refractivity contribution in [3.63, 3.8) is 0 Å². The number of anilines is 1. The van der Waals surface area contributed by atoms with E-state index < -0.39 is 17.7 Å². The Morgan fingerprint density at radius 1 is 1.11 bits per heavy atom. The van der Waals surface area contributed by atoms with Gasteiger partial charge in [0.1, 0.15) is 17.6 Å². The fourth-order valence-electron chi connectivity index (χ4n) is 4.48.